The third-order valence-electron chi connectivity index (χ3n) is 3.98. The van der Waals surface area contributed by atoms with Gasteiger partial charge in [-0.3, -0.25) is 0 Å². The maximum atomic E-state index is 12.0. The number of ether oxygens (including phenoxy) is 1. The maximum absolute atomic E-state index is 12.0. The summed E-state index contributed by atoms with van der Waals surface area (Å²) in [5, 5.41) is 14.7. The van der Waals surface area contributed by atoms with Gasteiger partial charge in [0.15, 0.2) is 11.5 Å². The topological polar surface area (TPSA) is 135 Å². The van der Waals surface area contributed by atoms with Crippen molar-refractivity contribution in [3.63, 3.8) is 0 Å². The monoisotopic (exact) mass is 377 g/mol. The second kappa shape index (κ2) is 6.82. The summed E-state index contributed by atoms with van der Waals surface area (Å²) in [5.41, 5.74) is 2.86. The van der Waals surface area contributed by atoms with Gasteiger partial charge in [0.1, 0.15) is 23.3 Å². The van der Waals surface area contributed by atoms with E-state index in [1.54, 1.807) is 38.8 Å². The Kier molecular flexibility index (Phi) is 4.69. The van der Waals surface area contributed by atoms with Crippen LogP contribution in [0, 0.1) is 0 Å². The quantitative estimate of drug-likeness (QED) is 0.575. The molecular weight excluding hydrogens is 358 g/mol. The Morgan fingerprint density at radius 2 is 2.00 bits per heavy atom. The minimum atomic E-state index is -1.27. The highest BCUT2D eigenvalue weighted by Gasteiger charge is 2.36. The summed E-state index contributed by atoms with van der Waals surface area (Å²) < 4.78 is 5.11. The van der Waals surface area contributed by atoms with Crippen LogP contribution in [0.1, 0.15) is 38.7 Å². The van der Waals surface area contributed by atoms with Crippen LogP contribution in [0.2, 0.25) is 0 Å². The van der Waals surface area contributed by atoms with Crippen molar-refractivity contribution in [2.75, 3.05) is 5.32 Å². The van der Waals surface area contributed by atoms with E-state index >= 15 is 0 Å². The largest absolute Gasteiger partial charge is 0.480 e. The summed E-state index contributed by atoms with van der Waals surface area (Å²) in [5.74, 6) is 0.750. The number of aliphatic carboxylic acids is 1. The molecule has 10 nitrogen and oxygen atoms in total. The summed E-state index contributed by atoms with van der Waals surface area (Å²) in [7, 11) is 0. The highest BCUT2D eigenvalue weighted by Crippen LogP contribution is 2.46. The van der Waals surface area contributed by atoms with Crippen molar-refractivity contribution in [2.24, 2.45) is 0 Å². The van der Waals surface area contributed by atoms with E-state index in [1.807, 2.05) is 0 Å². The molecular formula is C17H19N3O7. The molecule has 0 spiro atoms. The molecule has 0 aliphatic carbocycles. The minimum Gasteiger partial charge on any atom is -0.480 e. The summed E-state index contributed by atoms with van der Waals surface area (Å²) in [6.45, 7) is 5.01. The van der Waals surface area contributed by atoms with Gasteiger partial charge < -0.3 is 30.2 Å². The van der Waals surface area contributed by atoms with Gasteiger partial charge in [-0.05, 0) is 38.8 Å². The van der Waals surface area contributed by atoms with E-state index in [0.717, 1.165) is 0 Å². The number of fused-ring (bicyclic) bond motifs is 2. The lowest BCUT2D eigenvalue weighted by atomic mass is 9.91. The Balaban J connectivity index is 1.83. The van der Waals surface area contributed by atoms with Gasteiger partial charge in [0, 0.05) is 23.3 Å². The smallest absolute Gasteiger partial charge is 0.408 e. The average Bonchev–Trinajstić information content (AvgIpc) is 3.14. The van der Waals surface area contributed by atoms with Gasteiger partial charge in [0.2, 0.25) is 0 Å². The van der Waals surface area contributed by atoms with E-state index in [9.17, 15) is 19.5 Å². The predicted octanol–water partition coefficient (Wildman–Crippen LogP) is 1.47. The third kappa shape index (κ3) is 3.97. The van der Waals surface area contributed by atoms with E-state index in [4.69, 9.17) is 14.4 Å². The van der Waals surface area contributed by atoms with Gasteiger partial charge in [0.05, 0.1) is 0 Å². The number of anilines is 1. The Labute approximate surface area is 154 Å². The fourth-order valence-electron chi connectivity index (χ4n) is 2.88. The molecule has 0 aromatic heterocycles. The molecule has 144 valence electrons. The van der Waals surface area contributed by atoms with Gasteiger partial charge in [-0.2, -0.15) is 0 Å². The van der Waals surface area contributed by atoms with Crippen LogP contribution in [0.15, 0.2) is 17.8 Å². The van der Waals surface area contributed by atoms with Crippen molar-refractivity contribution in [1.29, 1.82) is 0 Å². The minimum absolute atomic E-state index is 0.0772. The third-order valence-corrected chi connectivity index (χ3v) is 3.98. The summed E-state index contributed by atoms with van der Waals surface area (Å²) in [6.07, 6.45) is -0.931. The van der Waals surface area contributed by atoms with Crippen LogP contribution < -0.4 is 26.0 Å². The fourth-order valence-corrected chi connectivity index (χ4v) is 2.88. The molecule has 2 aliphatic heterocycles. The number of hydrogen-bond donors (Lipinski definition) is 4. The number of amides is 1. The van der Waals surface area contributed by atoms with Crippen LogP contribution in [-0.2, 0) is 14.3 Å². The molecule has 1 amide bonds. The molecule has 3 rings (SSSR count). The number of benzene rings is 1. The molecule has 0 bridgehead atoms. The molecule has 1 aromatic rings. The van der Waals surface area contributed by atoms with Crippen molar-refractivity contribution in [3.8, 4) is 11.5 Å². The SMILES string of the molecule is CC(C)(C)OC(=O)NC(CC1C(=C=O)Nc2cc3c(cc21)ONO3)C(=O)O. The Bertz CT molecular complexity index is 840. The second-order valence-corrected chi connectivity index (χ2v) is 7.14. The lowest BCUT2D eigenvalue weighted by Crippen LogP contribution is -2.44. The van der Waals surface area contributed by atoms with Gasteiger partial charge in [-0.15, -0.1) is 0 Å². The molecule has 0 radical (unpaired) electrons. The molecule has 0 fully saturated rings. The zero-order valence-electron chi connectivity index (χ0n) is 14.9. The normalized spacial score (nSPS) is 18.2. The number of carboxylic acid groups (broad SMARTS) is 1. The van der Waals surface area contributed by atoms with E-state index < -0.39 is 29.6 Å². The van der Waals surface area contributed by atoms with Crippen LogP contribution >= 0.6 is 0 Å². The first-order valence-corrected chi connectivity index (χ1v) is 8.19. The molecule has 4 N–H and O–H groups in total. The highest BCUT2D eigenvalue weighted by molar-refractivity contribution is 5.82. The number of carbonyl (C=O) groups excluding carboxylic acids is 2. The molecule has 2 heterocycles. The fraction of sp³-hybridized carbons (Fsp3) is 0.412. The van der Waals surface area contributed by atoms with Crippen LogP contribution in [-0.4, -0.2) is 34.8 Å². The predicted molar refractivity (Wildman–Crippen MR) is 91.8 cm³/mol. The molecule has 10 heteroatoms. The number of hydrogen-bond acceptors (Lipinski definition) is 8. The van der Waals surface area contributed by atoms with Crippen molar-refractivity contribution in [3.05, 3.63) is 23.4 Å². The van der Waals surface area contributed by atoms with E-state index in [1.165, 1.54) is 0 Å². The Hall–Kier alpha value is -3.23. The van der Waals surface area contributed by atoms with Crippen LogP contribution in [0.5, 0.6) is 11.5 Å². The molecule has 0 saturated heterocycles. The van der Waals surface area contributed by atoms with Gasteiger partial charge in [0.25, 0.3) is 0 Å². The van der Waals surface area contributed by atoms with Crippen molar-refractivity contribution < 1.29 is 33.9 Å². The van der Waals surface area contributed by atoms with Crippen molar-refractivity contribution >= 4 is 23.7 Å². The van der Waals surface area contributed by atoms with E-state index in [2.05, 4.69) is 16.3 Å². The molecule has 2 unspecified atom stereocenters. The number of carbonyl (C=O) groups is 2. The molecule has 0 saturated carbocycles. The lowest BCUT2D eigenvalue weighted by Gasteiger charge is -2.23. The summed E-state index contributed by atoms with van der Waals surface area (Å²) >= 11 is 0. The van der Waals surface area contributed by atoms with Crippen molar-refractivity contribution in [2.45, 2.75) is 44.8 Å². The zero-order chi connectivity index (χ0) is 19.8. The first kappa shape index (κ1) is 18.6. The first-order valence-electron chi connectivity index (χ1n) is 8.19. The van der Waals surface area contributed by atoms with Crippen LogP contribution in [0.3, 0.4) is 0 Å². The zero-order valence-corrected chi connectivity index (χ0v) is 14.9. The summed E-state index contributed by atoms with van der Waals surface area (Å²) in [4.78, 5) is 45.1. The van der Waals surface area contributed by atoms with E-state index in [-0.39, 0.29) is 12.1 Å². The van der Waals surface area contributed by atoms with Gasteiger partial charge in [-0.25, -0.2) is 14.4 Å². The molecule has 27 heavy (non-hydrogen) atoms. The molecule has 2 aliphatic rings. The number of nitrogens with one attached hydrogen (secondary N) is 3. The number of rotatable bonds is 4. The highest BCUT2D eigenvalue weighted by atomic mass is 16.9. The first-order chi connectivity index (χ1) is 12.7. The Morgan fingerprint density at radius 1 is 1.33 bits per heavy atom. The average molecular weight is 377 g/mol. The lowest BCUT2D eigenvalue weighted by molar-refractivity contribution is -0.139. The van der Waals surface area contributed by atoms with E-state index in [0.29, 0.717) is 22.7 Å². The Morgan fingerprint density at radius 3 is 2.59 bits per heavy atom. The molecule has 2 atom stereocenters. The molecule has 1 aromatic carbocycles. The van der Waals surface area contributed by atoms with Crippen molar-refractivity contribution in [1.82, 2.24) is 11.0 Å². The van der Waals surface area contributed by atoms with Gasteiger partial charge >= 0.3 is 12.1 Å². The maximum Gasteiger partial charge on any atom is 0.408 e. The number of carboxylic acids is 1. The van der Waals surface area contributed by atoms with Crippen LogP contribution in [0.4, 0.5) is 10.5 Å². The second-order valence-electron chi connectivity index (χ2n) is 7.14. The van der Waals surface area contributed by atoms with Crippen LogP contribution in [0.25, 0.3) is 0 Å². The number of alkyl carbamates (subject to hydrolysis) is 1. The summed E-state index contributed by atoms with van der Waals surface area (Å²) in [6, 6.07) is 1.99. The number of allylic oxidation sites excluding steroid dienone is 1. The van der Waals surface area contributed by atoms with Gasteiger partial charge in [-0.1, -0.05) is 0 Å². The standard InChI is InChI=1S/C17H19N3O7/c1-17(2,3)25-16(24)19-11(15(22)23)4-8-9-5-13-14(27-20-26-13)6-10(9)18-12(8)7-21/h5-6,8,11,18,20H,4H2,1-3H3,(H,19,24)(H,22,23).